The zero-order chi connectivity index (χ0) is 51.0. The second-order valence-electron chi connectivity index (χ2n) is 20.8. The fourth-order valence-corrected chi connectivity index (χ4v) is 13.2. The van der Waals surface area contributed by atoms with Crippen molar-refractivity contribution in [3.8, 4) is 22.3 Å². The predicted octanol–water partition coefficient (Wildman–Crippen LogP) is 11.8. The number of aromatic nitrogens is 1. The third-order valence-corrected chi connectivity index (χ3v) is 16.9. The Hall–Kier alpha value is -5.93. The van der Waals surface area contributed by atoms with E-state index < -0.39 is 60.1 Å². The highest BCUT2D eigenvalue weighted by Crippen LogP contribution is 2.45. The average molecular weight is 995 g/mol. The van der Waals surface area contributed by atoms with Gasteiger partial charge in [0, 0.05) is 54.3 Å². The summed E-state index contributed by atoms with van der Waals surface area (Å²) in [6, 6.07) is 30.5. The number of thioether (sulfide) groups is 1. The molecule has 6 rings (SSSR count). The first kappa shape index (κ1) is 53.4. The highest BCUT2D eigenvalue weighted by molar-refractivity contribution is 8.00. The van der Waals surface area contributed by atoms with E-state index in [2.05, 4.69) is 34.9 Å². The van der Waals surface area contributed by atoms with E-state index >= 15 is 9.18 Å². The van der Waals surface area contributed by atoms with Gasteiger partial charge in [-0.2, -0.15) is 0 Å². The Morgan fingerprint density at radius 3 is 2.03 bits per heavy atom. The largest absolute Gasteiger partial charge is 0.464 e. The molecule has 2 N–H and O–H groups in total. The number of amides is 3. The zero-order valence-electron chi connectivity index (χ0n) is 42.1. The van der Waals surface area contributed by atoms with Crippen molar-refractivity contribution >= 4 is 43.9 Å². The van der Waals surface area contributed by atoms with Crippen LogP contribution in [0.3, 0.4) is 0 Å². The second-order valence-corrected chi connectivity index (χ2v) is 27.2. The van der Waals surface area contributed by atoms with E-state index in [1.807, 2.05) is 106 Å². The number of esters is 1. The Kier molecular flexibility index (Phi) is 17.1. The number of halogens is 2. The van der Waals surface area contributed by atoms with Gasteiger partial charge in [0.05, 0.1) is 26.5 Å². The summed E-state index contributed by atoms with van der Waals surface area (Å²) in [6.07, 6.45) is 0.775. The van der Waals surface area contributed by atoms with E-state index in [1.165, 1.54) is 17.8 Å². The molecule has 0 saturated heterocycles. The van der Waals surface area contributed by atoms with Crippen LogP contribution in [0.4, 0.5) is 18.4 Å². The first-order chi connectivity index (χ1) is 33.0. The molecule has 1 aliphatic carbocycles. The summed E-state index contributed by atoms with van der Waals surface area (Å²) >= 11 is 1.21. The van der Waals surface area contributed by atoms with Crippen LogP contribution in [0.5, 0.6) is 0 Å². The summed E-state index contributed by atoms with van der Waals surface area (Å²) in [4.78, 5) is 57.7. The zero-order valence-corrected chi connectivity index (χ0v) is 43.9. The number of ether oxygens (including phenoxy) is 3. The van der Waals surface area contributed by atoms with Gasteiger partial charge in [0.25, 0.3) is 0 Å². The number of nitrogens with one attached hydrogen (secondary N) is 2. The van der Waals surface area contributed by atoms with Crippen LogP contribution in [-0.2, 0) is 30.3 Å². The Morgan fingerprint density at radius 1 is 0.800 bits per heavy atom. The van der Waals surface area contributed by atoms with Crippen LogP contribution in [0.1, 0.15) is 89.2 Å². The van der Waals surface area contributed by atoms with Crippen LogP contribution in [0.15, 0.2) is 109 Å². The van der Waals surface area contributed by atoms with Crippen LogP contribution in [0, 0.1) is 17.0 Å². The maximum absolute atomic E-state index is 15.5. The van der Waals surface area contributed by atoms with Gasteiger partial charge in [-0.15, -0.1) is 11.8 Å². The summed E-state index contributed by atoms with van der Waals surface area (Å²) in [5, 5.41) is 4.34. The van der Waals surface area contributed by atoms with Gasteiger partial charge in [-0.3, -0.25) is 4.79 Å². The van der Waals surface area contributed by atoms with E-state index in [0.717, 1.165) is 39.9 Å². The van der Waals surface area contributed by atoms with Gasteiger partial charge in [0.2, 0.25) is 5.91 Å². The molecule has 2 atom stereocenters. The van der Waals surface area contributed by atoms with Crippen LogP contribution >= 0.6 is 11.8 Å². The molecular formula is C55H68F2N4O7SSi. The first-order valence-corrected chi connectivity index (χ1v) is 28.5. The van der Waals surface area contributed by atoms with Gasteiger partial charge in [-0.1, -0.05) is 119 Å². The van der Waals surface area contributed by atoms with Crippen LogP contribution in [0.25, 0.3) is 22.3 Å². The molecule has 0 saturated carbocycles. The molecule has 374 valence electrons. The molecule has 0 radical (unpaired) electrons. The van der Waals surface area contributed by atoms with Crippen molar-refractivity contribution in [1.29, 1.82) is 0 Å². The molecule has 1 aromatic heterocycles. The fraction of sp³-hybridized carbons (Fsp3) is 0.418. The Bertz CT molecular complexity index is 2600. The highest BCUT2D eigenvalue weighted by atomic mass is 32.2. The quantitative estimate of drug-likeness (QED) is 0.0362. The SMILES string of the molecule is CCOC(=O)[C@](CSCC(=O)N(CCCNC(=O)OCC1c2ccccc2-c2ccccc21)[C@@H](c1cc(-c2cc(F)ccc2F)cn1Cc1ccccc1)C(C)(C)C)(NC(=O)OC(C)(C)C)[Si](C)(C)C. The lowest BCUT2D eigenvalue weighted by molar-refractivity contribution is -0.147. The molecule has 0 aliphatic heterocycles. The minimum atomic E-state index is -2.69. The summed E-state index contributed by atoms with van der Waals surface area (Å²) in [5.74, 6) is -2.24. The van der Waals surface area contributed by atoms with Crippen molar-refractivity contribution in [2.45, 2.75) is 104 Å². The van der Waals surface area contributed by atoms with E-state index in [0.29, 0.717) is 24.2 Å². The molecule has 0 bridgehead atoms. The smallest absolute Gasteiger partial charge is 0.408 e. The number of carbonyl (C=O) groups is 4. The molecule has 1 heterocycles. The normalized spacial score (nSPS) is 13.9. The van der Waals surface area contributed by atoms with Crippen molar-refractivity contribution < 1.29 is 42.2 Å². The van der Waals surface area contributed by atoms with E-state index in [9.17, 15) is 18.8 Å². The number of rotatable bonds is 19. The molecule has 4 aromatic carbocycles. The summed E-state index contributed by atoms with van der Waals surface area (Å²) < 4.78 is 49.3. The molecule has 15 heteroatoms. The molecule has 3 amide bonds. The Morgan fingerprint density at radius 2 is 1.43 bits per heavy atom. The standard InChI is InChI=1S/C55H68F2N4O7SSi/c1-11-66-50(63)55(70(8,9)10,59-52(65)68-54(5,6)7)36-69-35-48(62)61(29-19-28-58-51(64)67-34-45-42-24-17-15-22-40(42)41-23-16-18-25-43(41)45)49(53(2,3)4)47-30-38(44-31-39(56)26-27-46(44)57)33-60(47)32-37-20-13-12-14-21-37/h12-18,20-27,30-31,33,45,49H,11,19,28-29,32,34-36H2,1-10H3,(H,58,64)(H,59,65)/t49-,55+/m0/s1. The number of fused-ring (bicyclic) bond motifs is 3. The highest BCUT2D eigenvalue weighted by Gasteiger charge is 2.53. The number of nitrogens with zero attached hydrogens (tertiary/aromatic N) is 2. The lowest BCUT2D eigenvalue weighted by Crippen LogP contribution is -2.70. The van der Waals surface area contributed by atoms with E-state index in [4.69, 9.17) is 14.2 Å². The Labute approximate surface area is 417 Å². The summed E-state index contributed by atoms with van der Waals surface area (Å²) in [5.41, 5.74) is 5.13. The monoisotopic (exact) mass is 994 g/mol. The topological polar surface area (TPSA) is 128 Å². The van der Waals surface area contributed by atoms with Gasteiger partial charge in [0.15, 0.2) is 0 Å². The van der Waals surface area contributed by atoms with Gasteiger partial charge in [0.1, 0.15) is 29.0 Å². The molecule has 0 spiro atoms. The summed E-state index contributed by atoms with van der Waals surface area (Å²) in [6.45, 7) is 19.8. The van der Waals surface area contributed by atoms with Gasteiger partial charge < -0.3 is 34.3 Å². The molecule has 5 aromatic rings. The molecule has 70 heavy (non-hydrogen) atoms. The number of hydrogen-bond acceptors (Lipinski definition) is 8. The Balaban J connectivity index is 1.30. The fourth-order valence-electron chi connectivity index (χ4n) is 9.06. The maximum atomic E-state index is 15.5. The van der Waals surface area contributed by atoms with Crippen molar-refractivity contribution in [3.05, 3.63) is 143 Å². The van der Waals surface area contributed by atoms with Crippen LogP contribution in [0.2, 0.25) is 19.6 Å². The van der Waals surface area contributed by atoms with Gasteiger partial charge in [-0.05, 0) is 91.6 Å². The third-order valence-electron chi connectivity index (χ3n) is 12.4. The van der Waals surface area contributed by atoms with Crippen LogP contribution in [-0.4, -0.2) is 90.2 Å². The number of hydrogen-bond donors (Lipinski definition) is 2. The summed E-state index contributed by atoms with van der Waals surface area (Å²) in [7, 11) is -2.69. The molecule has 11 nitrogen and oxygen atoms in total. The molecule has 1 aliphatic rings. The molecule has 0 fully saturated rings. The van der Waals surface area contributed by atoms with Gasteiger partial charge in [-0.25, -0.2) is 23.2 Å². The van der Waals surface area contributed by atoms with Crippen molar-refractivity contribution in [3.63, 3.8) is 0 Å². The predicted molar refractivity (Wildman–Crippen MR) is 276 cm³/mol. The van der Waals surface area contributed by atoms with E-state index in [-0.39, 0.29) is 55.2 Å². The molecule has 0 unspecified atom stereocenters. The average Bonchev–Trinajstić information content (AvgIpc) is 3.84. The lowest BCUT2D eigenvalue weighted by Gasteiger charge is -2.42. The minimum Gasteiger partial charge on any atom is -0.464 e. The third kappa shape index (κ3) is 12.9. The van der Waals surface area contributed by atoms with Crippen LogP contribution < -0.4 is 10.6 Å². The van der Waals surface area contributed by atoms with Crippen molar-refractivity contribution in [1.82, 2.24) is 20.1 Å². The van der Waals surface area contributed by atoms with Crippen molar-refractivity contribution in [2.75, 3.05) is 37.8 Å². The number of carbonyl (C=O) groups excluding carboxylic acids is 4. The van der Waals surface area contributed by atoms with Crippen molar-refractivity contribution in [2.24, 2.45) is 5.41 Å². The number of alkyl carbamates (subject to hydrolysis) is 2. The lowest BCUT2D eigenvalue weighted by atomic mass is 9.83. The molecular weight excluding hydrogens is 927 g/mol. The first-order valence-electron chi connectivity index (χ1n) is 23.9. The second kappa shape index (κ2) is 22.4. The van der Waals surface area contributed by atoms with E-state index in [1.54, 1.807) is 38.8 Å². The minimum absolute atomic E-state index is 0.0251. The maximum Gasteiger partial charge on any atom is 0.408 e. The number of benzene rings is 4. The van der Waals surface area contributed by atoms with Gasteiger partial charge >= 0.3 is 18.2 Å².